The van der Waals surface area contributed by atoms with Crippen molar-refractivity contribution in [3.8, 4) is 0 Å². The van der Waals surface area contributed by atoms with Crippen molar-refractivity contribution >= 4 is 78.2 Å². The number of rotatable bonds is 6. The predicted molar refractivity (Wildman–Crippen MR) is 153 cm³/mol. The third kappa shape index (κ3) is 4.72. The molecule has 0 radical (unpaired) electrons. The summed E-state index contributed by atoms with van der Waals surface area (Å²) in [5.74, 6) is -7.07. The van der Waals surface area contributed by atoms with Gasteiger partial charge >= 0.3 is 5.97 Å². The number of thiophene rings is 1. The van der Waals surface area contributed by atoms with E-state index >= 15 is 0 Å². The van der Waals surface area contributed by atoms with Gasteiger partial charge in [-0.2, -0.15) is 0 Å². The fourth-order valence-electron chi connectivity index (χ4n) is 5.23. The highest BCUT2D eigenvalue weighted by Gasteiger charge is 2.71. The first-order valence-corrected chi connectivity index (χ1v) is 14.5. The Morgan fingerprint density at radius 1 is 1.02 bits per heavy atom. The van der Waals surface area contributed by atoms with E-state index in [0.717, 1.165) is 21.8 Å². The lowest BCUT2D eigenvalue weighted by Gasteiger charge is -2.25. The first kappa shape index (κ1) is 28.3. The number of halogens is 2. The summed E-state index contributed by atoms with van der Waals surface area (Å²) in [4.78, 5) is 66.2. The zero-order valence-corrected chi connectivity index (χ0v) is 25.1. The Labute approximate surface area is 249 Å². The highest BCUT2D eigenvalue weighted by atomic mass is 79.9. The van der Waals surface area contributed by atoms with E-state index in [1.165, 1.54) is 6.92 Å². The van der Waals surface area contributed by atoms with E-state index in [9.17, 15) is 29.1 Å². The average molecular weight is 690 g/mol. The third-order valence-electron chi connectivity index (χ3n) is 7.02. The van der Waals surface area contributed by atoms with Crippen LogP contribution >= 0.6 is 43.2 Å². The Morgan fingerprint density at radius 2 is 1.73 bits per heavy atom. The molecule has 3 aromatic rings. The maximum atomic E-state index is 13.8. The minimum atomic E-state index is -2.37. The van der Waals surface area contributed by atoms with Crippen LogP contribution in [-0.4, -0.2) is 40.1 Å². The summed E-state index contributed by atoms with van der Waals surface area (Å²) in [6, 6.07) is 13.2. The Kier molecular flexibility index (Phi) is 7.55. The Balaban J connectivity index is 1.55. The molecule has 206 valence electrons. The molecular weight excluding hydrogens is 668 g/mol. The lowest BCUT2D eigenvalue weighted by molar-refractivity contribution is -0.147. The van der Waals surface area contributed by atoms with Crippen LogP contribution in [0.4, 0.5) is 5.69 Å². The Bertz CT molecular complexity index is 1550. The van der Waals surface area contributed by atoms with E-state index in [2.05, 4.69) is 42.5 Å². The smallest absolute Gasteiger partial charge is 0.311 e. The molecule has 5 rings (SSSR count). The molecule has 40 heavy (non-hydrogen) atoms. The summed E-state index contributed by atoms with van der Waals surface area (Å²) in [5.41, 5.74) is -0.659. The molecule has 12 heteroatoms. The molecule has 4 atom stereocenters. The molecule has 0 bridgehead atoms. The molecule has 1 saturated heterocycles. The number of nitrogens with one attached hydrogen (secondary N) is 2. The molecular formula is C28H22Br2N2O7S. The second kappa shape index (κ2) is 10.7. The Morgan fingerprint density at radius 3 is 2.33 bits per heavy atom. The number of hydrogen-bond donors (Lipinski definition) is 3. The number of ether oxygens (including phenoxy) is 1. The summed E-state index contributed by atoms with van der Waals surface area (Å²) in [7, 11) is 0. The molecule has 2 unspecified atom stereocenters. The number of carboxylic acid groups (broad SMARTS) is 1. The number of aliphatic carboxylic acids is 1. The minimum Gasteiger partial charge on any atom is -0.481 e. The molecule has 1 aliphatic carbocycles. The summed E-state index contributed by atoms with van der Waals surface area (Å²) in [6.45, 7) is 3.46. The molecule has 2 amide bonds. The van der Waals surface area contributed by atoms with Gasteiger partial charge in [-0.3, -0.25) is 24.0 Å². The second-order valence-electron chi connectivity index (χ2n) is 9.64. The SMILES string of the molecule is CC(=O)NCc1ccc(NC(=O)[C@H]2C(C(=O)O)C3(O[C@H]2c2ccc(Br)c(Br)c2)C(=O)c2cc(C)sc2C3=O)cc1. The summed E-state index contributed by atoms with van der Waals surface area (Å²) in [6.07, 6.45) is -1.22. The monoisotopic (exact) mass is 688 g/mol. The van der Waals surface area contributed by atoms with Gasteiger partial charge in [0.2, 0.25) is 29.0 Å². The van der Waals surface area contributed by atoms with Gasteiger partial charge in [-0.15, -0.1) is 11.3 Å². The third-order valence-corrected chi connectivity index (χ3v) is 9.95. The fraction of sp³-hybridized carbons (Fsp3) is 0.250. The zero-order valence-electron chi connectivity index (χ0n) is 21.1. The summed E-state index contributed by atoms with van der Waals surface area (Å²) >= 11 is 7.92. The first-order chi connectivity index (χ1) is 18.9. The topological polar surface area (TPSA) is 139 Å². The fourth-order valence-corrected chi connectivity index (χ4v) is 6.87. The predicted octanol–water partition coefficient (Wildman–Crippen LogP) is 5.06. The standard InChI is InChI=1S/C28H22Br2N2O7S/c1-12-9-17-23(40-12)25(35)28(24(17)34)21(27(37)38)20(22(39-28)15-5-8-18(29)19(30)10-15)26(36)32-16-6-3-14(4-7-16)11-31-13(2)33/h3-10,20-22H,11H2,1-2H3,(H,31,33)(H,32,36)(H,37,38)/t20-,21?,22-,28?/m0/s1. The molecule has 2 heterocycles. The number of aryl methyl sites for hydroxylation is 1. The minimum absolute atomic E-state index is 0.116. The van der Waals surface area contributed by atoms with E-state index in [0.29, 0.717) is 26.7 Å². The molecule has 0 saturated carbocycles. The summed E-state index contributed by atoms with van der Waals surface area (Å²) in [5, 5.41) is 15.8. The van der Waals surface area contributed by atoms with E-state index in [1.807, 2.05) is 0 Å². The summed E-state index contributed by atoms with van der Waals surface area (Å²) < 4.78 is 7.54. The normalized spacial score (nSPS) is 23.4. The number of hydrogen-bond acceptors (Lipinski definition) is 7. The van der Waals surface area contributed by atoms with Crippen molar-refractivity contribution < 1.29 is 33.8 Å². The van der Waals surface area contributed by atoms with Crippen LogP contribution in [0.2, 0.25) is 0 Å². The number of carbonyl (C=O) groups is 5. The average Bonchev–Trinajstić information content (AvgIpc) is 3.53. The van der Waals surface area contributed by atoms with Crippen molar-refractivity contribution in [2.75, 3.05) is 5.32 Å². The van der Waals surface area contributed by atoms with Gasteiger partial charge in [-0.05, 0) is 80.2 Å². The molecule has 2 aromatic carbocycles. The number of amides is 2. The van der Waals surface area contributed by atoms with Gasteiger partial charge in [0.25, 0.3) is 0 Å². The number of anilines is 1. The number of benzene rings is 2. The highest BCUT2D eigenvalue weighted by molar-refractivity contribution is 9.13. The van der Waals surface area contributed by atoms with Crippen molar-refractivity contribution in [3.63, 3.8) is 0 Å². The maximum Gasteiger partial charge on any atom is 0.311 e. The lowest BCUT2D eigenvalue weighted by atomic mass is 9.75. The molecule has 1 fully saturated rings. The van der Waals surface area contributed by atoms with Crippen molar-refractivity contribution in [1.82, 2.24) is 5.32 Å². The second-order valence-corrected chi connectivity index (χ2v) is 12.6. The number of carboxylic acids is 1. The molecule has 1 aromatic heterocycles. The largest absolute Gasteiger partial charge is 0.481 e. The van der Waals surface area contributed by atoms with Crippen molar-refractivity contribution in [1.29, 1.82) is 0 Å². The zero-order chi connectivity index (χ0) is 28.9. The van der Waals surface area contributed by atoms with Crippen LogP contribution in [-0.2, 0) is 25.7 Å². The van der Waals surface area contributed by atoms with Crippen LogP contribution in [0.15, 0.2) is 57.5 Å². The van der Waals surface area contributed by atoms with Gasteiger partial charge < -0.3 is 20.5 Å². The van der Waals surface area contributed by atoms with Gasteiger partial charge in [0.05, 0.1) is 16.9 Å². The Hall–Kier alpha value is -3.19. The van der Waals surface area contributed by atoms with Crippen molar-refractivity contribution in [2.24, 2.45) is 11.8 Å². The van der Waals surface area contributed by atoms with Gasteiger partial charge in [0.15, 0.2) is 0 Å². The molecule has 2 aliphatic rings. The van der Waals surface area contributed by atoms with E-state index in [-0.39, 0.29) is 16.3 Å². The lowest BCUT2D eigenvalue weighted by Crippen LogP contribution is -2.52. The van der Waals surface area contributed by atoms with Crippen LogP contribution in [0, 0.1) is 18.8 Å². The molecule has 1 aliphatic heterocycles. The number of ketones is 2. The number of carbonyl (C=O) groups excluding carboxylic acids is 4. The molecule has 3 N–H and O–H groups in total. The number of Topliss-reactive ketones (excluding diaryl/α,β-unsaturated/α-hetero) is 2. The van der Waals surface area contributed by atoms with Gasteiger partial charge in [-0.25, -0.2) is 0 Å². The quantitative estimate of drug-likeness (QED) is 0.308. The van der Waals surface area contributed by atoms with Gasteiger partial charge in [0, 0.05) is 38.5 Å². The van der Waals surface area contributed by atoms with E-state index in [4.69, 9.17) is 4.74 Å². The van der Waals surface area contributed by atoms with Crippen molar-refractivity contribution in [2.45, 2.75) is 32.1 Å². The number of fused-ring (bicyclic) bond motifs is 1. The van der Waals surface area contributed by atoms with E-state index in [1.54, 1.807) is 55.5 Å². The van der Waals surface area contributed by atoms with Crippen LogP contribution in [0.5, 0.6) is 0 Å². The van der Waals surface area contributed by atoms with Crippen LogP contribution < -0.4 is 10.6 Å². The first-order valence-electron chi connectivity index (χ1n) is 12.1. The highest BCUT2D eigenvalue weighted by Crippen LogP contribution is 2.55. The van der Waals surface area contributed by atoms with Crippen LogP contribution in [0.1, 0.15) is 49.1 Å². The molecule has 9 nitrogen and oxygen atoms in total. The van der Waals surface area contributed by atoms with Gasteiger partial charge in [-0.1, -0.05) is 18.2 Å². The van der Waals surface area contributed by atoms with Crippen molar-refractivity contribution in [3.05, 3.63) is 83.9 Å². The van der Waals surface area contributed by atoms with Crippen LogP contribution in [0.3, 0.4) is 0 Å². The molecule has 1 spiro atoms. The maximum absolute atomic E-state index is 13.8. The van der Waals surface area contributed by atoms with Crippen LogP contribution in [0.25, 0.3) is 0 Å². The van der Waals surface area contributed by atoms with E-state index < -0.39 is 47.0 Å². The van der Waals surface area contributed by atoms with Gasteiger partial charge in [0.1, 0.15) is 5.92 Å².